The van der Waals surface area contributed by atoms with Gasteiger partial charge < -0.3 is 15.0 Å². The summed E-state index contributed by atoms with van der Waals surface area (Å²) in [5.41, 5.74) is 2.74. The number of nitrogens with one attached hydrogen (secondary N) is 1. The van der Waals surface area contributed by atoms with Gasteiger partial charge >= 0.3 is 0 Å². The molecule has 0 aliphatic carbocycles. The zero-order valence-corrected chi connectivity index (χ0v) is 14.0. The van der Waals surface area contributed by atoms with Gasteiger partial charge in [-0.05, 0) is 18.2 Å². The molecule has 0 radical (unpaired) electrons. The summed E-state index contributed by atoms with van der Waals surface area (Å²) in [6, 6.07) is 10.9. The molecule has 1 aromatic heterocycles. The Hall–Kier alpha value is -2.18. The molecule has 0 bridgehead atoms. The van der Waals surface area contributed by atoms with Crippen LogP contribution >= 0.6 is 0 Å². The maximum absolute atomic E-state index is 5.42. The number of hydrogen-bond acceptors (Lipinski definition) is 6. The largest absolute Gasteiger partial charge is 0.378 e. The smallest absolute Gasteiger partial charge is 0.134 e. The van der Waals surface area contributed by atoms with Gasteiger partial charge in [-0.25, -0.2) is 9.97 Å². The van der Waals surface area contributed by atoms with Crippen molar-refractivity contribution in [3.05, 3.63) is 47.8 Å². The highest BCUT2D eigenvalue weighted by molar-refractivity contribution is 5.50. The predicted molar refractivity (Wildman–Crippen MR) is 94.2 cm³/mol. The molecule has 1 unspecified atom stereocenters. The third-order valence-corrected chi connectivity index (χ3v) is 4.67. The van der Waals surface area contributed by atoms with E-state index in [0.29, 0.717) is 0 Å². The van der Waals surface area contributed by atoms with Crippen molar-refractivity contribution in [2.75, 3.05) is 50.1 Å². The Balaban J connectivity index is 1.55. The molecule has 0 saturated carbocycles. The van der Waals surface area contributed by atoms with Crippen LogP contribution < -0.4 is 10.2 Å². The lowest BCUT2D eigenvalue weighted by molar-refractivity contribution is 0.122. The van der Waals surface area contributed by atoms with Crippen LogP contribution in [-0.4, -0.2) is 54.8 Å². The van der Waals surface area contributed by atoms with Crippen molar-refractivity contribution >= 4 is 11.6 Å². The zero-order valence-electron chi connectivity index (χ0n) is 14.0. The minimum absolute atomic E-state index is 0.243. The number of likely N-dealkylation sites (N-methyl/N-ethyl adjacent to an activating group) is 1. The van der Waals surface area contributed by atoms with E-state index in [-0.39, 0.29) is 6.04 Å². The van der Waals surface area contributed by atoms with Crippen molar-refractivity contribution < 1.29 is 4.74 Å². The van der Waals surface area contributed by atoms with Gasteiger partial charge in [0.15, 0.2) is 0 Å². The van der Waals surface area contributed by atoms with E-state index < -0.39 is 0 Å². The number of ether oxygens (including phenoxy) is 1. The zero-order chi connectivity index (χ0) is 16.4. The molecule has 2 aliphatic heterocycles. The van der Waals surface area contributed by atoms with Gasteiger partial charge in [0, 0.05) is 32.2 Å². The SMILES string of the molecule is CN1Cc2ccccc2C(Nc2cc(N3CCOCC3)ncn2)C1. The van der Waals surface area contributed by atoms with E-state index in [9.17, 15) is 0 Å². The molecule has 6 heteroatoms. The third kappa shape index (κ3) is 3.20. The highest BCUT2D eigenvalue weighted by atomic mass is 16.5. The monoisotopic (exact) mass is 325 g/mol. The second-order valence-electron chi connectivity index (χ2n) is 6.45. The lowest BCUT2D eigenvalue weighted by Crippen LogP contribution is -2.37. The van der Waals surface area contributed by atoms with Gasteiger partial charge in [0.1, 0.15) is 18.0 Å². The molecular formula is C18H23N5O. The number of hydrogen-bond donors (Lipinski definition) is 1. The molecule has 4 rings (SSSR count). The number of fused-ring (bicyclic) bond motifs is 1. The topological polar surface area (TPSA) is 53.5 Å². The fourth-order valence-electron chi connectivity index (χ4n) is 3.48. The van der Waals surface area contributed by atoms with Gasteiger partial charge in [-0.3, -0.25) is 4.90 Å². The summed E-state index contributed by atoms with van der Waals surface area (Å²) in [4.78, 5) is 13.4. The van der Waals surface area contributed by atoms with Crippen molar-refractivity contribution in [1.29, 1.82) is 0 Å². The van der Waals surface area contributed by atoms with Crippen LogP contribution in [0, 0.1) is 0 Å². The van der Waals surface area contributed by atoms with Crippen molar-refractivity contribution in [2.45, 2.75) is 12.6 Å². The van der Waals surface area contributed by atoms with Crippen LogP contribution in [0.3, 0.4) is 0 Å². The number of aromatic nitrogens is 2. The average Bonchev–Trinajstić information content (AvgIpc) is 2.62. The van der Waals surface area contributed by atoms with Crippen molar-refractivity contribution in [3.8, 4) is 0 Å². The maximum atomic E-state index is 5.42. The van der Waals surface area contributed by atoms with E-state index in [1.54, 1.807) is 6.33 Å². The molecule has 1 fully saturated rings. The van der Waals surface area contributed by atoms with Crippen molar-refractivity contribution in [2.24, 2.45) is 0 Å². The van der Waals surface area contributed by atoms with Gasteiger partial charge in [-0.2, -0.15) is 0 Å². The number of rotatable bonds is 3. The second kappa shape index (κ2) is 6.75. The van der Waals surface area contributed by atoms with Gasteiger partial charge in [-0.15, -0.1) is 0 Å². The van der Waals surface area contributed by atoms with E-state index in [2.05, 4.69) is 56.4 Å². The normalized spacial score (nSPS) is 21.4. The standard InChI is InChI=1S/C18H23N5O/c1-22-11-14-4-2-3-5-15(14)16(12-22)21-17-10-18(20-13-19-17)23-6-8-24-9-7-23/h2-5,10,13,16H,6-9,11-12H2,1H3,(H,19,20,21). The molecule has 1 saturated heterocycles. The molecule has 6 nitrogen and oxygen atoms in total. The minimum Gasteiger partial charge on any atom is -0.378 e. The molecule has 1 atom stereocenters. The van der Waals surface area contributed by atoms with Crippen molar-refractivity contribution in [1.82, 2.24) is 14.9 Å². The van der Waals surface area contributed by atoms with Crippen molar-refractivity contribution in [3.63, 3.8) is 0 Å². The molecule has 24 heavy (non-hydrogen) atoms. The van der Waals surface area contributed by atoms with E-state index in [4.69, 9.17) is 4.74 Å². The van der Waals surface area contributed by atoms with E-state index in [0.717, 1.165) is 51.0 Å². The second-order valence-corrected chi connectivity index (χ2v) is 6.45. The lowest BCUT2D eigenvalue weighted by Gasteiger charge is -2.33. The molecule has 1 N–H and O–H groups in total. The minimum atomic E-state index is 0.243. The molecule has 3 heterocycles. The average molecular weight is 325 g/mol. The fourth-order valence-corrected chi connectivity index (χ4v) is 3.48. The predicted octanol–water partition coefficient (Wildman–Crippen LogP) is 1.91. The summed E-state index contributed by atoms with van der Waals surface area (Å²) >= 11 is 0. The summed E-state index contributed by atoms with van der Waals surface area (Å²) in [5, 5.41) is 3.60. The number of nitrogens with zero attached hydrogens (tertiary/aromatic N) is 4. The van der Waals surface area contributed by atoms with Crippen LogP contribution in [0.1, 0.15) is 17.2 Å². The lowest BCUT2D eigenvalue weighted by atomic mass is 9.96. The Labute approximate surface area is 142 Å². The molecule has 1 aromatic carbocycles. The molecule has 2 aliphatic rings. The van der Waals surface area contributed by atoms with Crippen LogP contribution in [-0.2, 0) is 11.3 Å². The fraction of sp³-hybridized carbons (Fsp3) is 0.444. The van der Waals surface area contributed by atoms with E-state index in [1.807, 2.05) is 6.07 Å². The molecule has 126 valence electrons. The van der Waals surface area contributed by atoms with Gasteiger partial charge in [0.05, 0.1) is 19.3 Å². The quantitative estimate of drug-likeness (QED) is 0.930. The number of anilines is 2. The summed E-state index contributed by atoms with van der Waals surface area (Å²) in [6.45, 7) is 5.24. The van der Waals surface area contributed by atoms with E-state index >= 15 is 0 Å². The Morgan fingerprint density at radius 2 is 2.00 bits per heavy atom. The van der Waals surface area contributed by atoms with E-state index in [1.165, 1.54) is 11.1 Å². The summed E-state index contributed by atoms with van der Waals surface area (Å²) in [5.74, 6) is 1.84. The Morgan fingerprint density at radius 1 is 1.17 bits per heavy atom. The number of morpholine rings is 1. The summed E-state index contributed by atoms with van der Waals surface area (Å²) in [7, 11) is 2.16. The molecule has 2 aromatic rings. The Kier molecular flexibility index (Phi) is 4.32. The van der Waals surface area contributed by atoms with Crippen LogP contribution in [0.4, 0.5) is 11.6 Å². The summed E-state index contributed by atoms with van der Waals surface area (Å²) < 4.78 is 5.42. The third-order valence-electron chi connectivity index (χ3n) is 4.67. The van der Waals surface area contributed by atoms with Gasteiger partial charge in [0.25, 0.3) is 0 Å². The Bertz CT molecular complexity index is 701. The van der Waals surface area contributed by atoms with Crippen LogP contribution in [0.5, 0.6) is 0 Å². The highest BCUT2D eigenvalue weighted by Crippen LogP contribution is 2.28. The maximum Gasteiger partial charge on any atom is 0.134 e. The first-order valence-electron chi connectivity index (χ1n) is 8.47. The first kappa shape index (κ1) is 15.4. The summed E-state index contributed by atoms with van der Waals surface area (Å²) in [6.07, 6.45) is 1.64. The van der Waals surface area contributed by atoms with Gasteiger partial charge in [0.2, 0.25) is 0 Å². The first-order chi connectivity index (χ1) is 11.8. The van der Waals surface area contributed by atoms with Crippen LogP contribution in [0.25, 0.3) is 0 Å². The Morgan fingerprint density at radius 3 is 2.88 bits per heavy atom. The highest BCUT2D eigenvalue weighted by Gasteiger charge is 2.23. The number of benzene rings is 1. The molecule has 0 spiro atoms. The molecule has 0 amide bonds. The molecular weight excluding hydrogens is 302 g/mol. The first-order valence-corrected chi connectivity index (χ1v) is 8.47. The van der Waals surface area contributed by atoms with Crippen LogP contribution in [0.15, 0.2) is 36.7 Å². The van der Waals surface area contributed by atoms with Crippen LogP contribution in [0.2, 0.25) is 0 Å². The van der Waals surface area contributed by atoms with Gasteiger partial charge in [-0.1, -0.05) is 24.3 Å².